The zero-order valence-electron chi connectivity index (χ0n) is 8.07. The normalized spacial score (nSPS) is 12.4. The summed E-state index contributed by atoms with van der Waals surface area (Å²) >= 11 is 1.52. The monoisotopic (exact) mass is 245 g/mol. The number of aromatic amines is 1. The molecule has 0 saturated carbocycles. The van der Waals surface area contributed by atoms with Gasteiger partial charge in [0.05, 0.1) is 0 Å². The molecule has 0 saturated heterocycles. The van der Waals surface area contributed by atoms with Crippen LogP contribution in [0.25, 0.3) is 10.2 Å². The maximum absolute atomic E-state index is 11.0. The molecular weight excluding hydrogens is 234 g/mol. The molecule has 4 N–H and O–H groups in total. The van der Waals surface area contributed by atoms with Crippen LogP contribution in [0.3, 0.4) is 0 Å². The molecule has 2 aromatic rings. The summed E-state index contributed by atoms with van der Waals surface area (Å²) in [5.74, 6) is 0. The van der Waals surface area contributed by atoms with Gasteiger partial charge in [-0.25, -0.2) is 13.6 Å². The van der Waals surface area contributed by atoms with Crippen molar-refractivity contribution in [3.05, 3.63) is 17.0 Å². The number of aromatic nitrogens is 1. The molecule has 0 aromatic carbocycles. The maximum Gasteiger partial charge on any atom is 0.253 e. The third-order valence-corrected chi connectivity index (χ3v) is 3.89. The first-order chi connectivity index (χ1) is 7.00. The van der Waals surface area contributed by atoms with Gasteiger partial charge in [0.1, 0.15) is 9.86 Å². The molecule has 0 radical (unpaired) electrons. The lowest BCUT2D eigenvalue weighted by Gasteiger charge is -1.92. The standard InChI is InChI=1S/C8H11N3O2S2/c1-10-4-6-2-5-3-7(15(9,12)13)11-8(5)14-6/h2-3,10-11H,4H2,1H3,(H2,9,12,13). The fourth-order valence-corrected chi connectivity index (χ4v) is 3.03. The van der Waals surface area contributed by atoms with Crippen LogP contribution >= 0.6 is 11.3 Å². The van der Waals surface area contributed by atoms with Gasteiger partial charge in [-0.3, -0.25) is 0 Å². The molecule has 7 heteroatoms. The molecule has 0 bridgehead atoms. The molecule has 0 amide bonds. The molecule has 0 fully saturated rings. The predicted octanol–water partition coefficient (Wildman–Crippen LogP) is 0.596. The Labute approximate surface area is 91.3 Å². The van der Waals surface area contributed by atoms with Gasteiger partial charge in [0.15, 0.2) is 0 Å². The zero-order chi connectivity index (χ0) is 11.1. The molecule has 2 heterocycles. The molecule has 0 aliphatic rings. The number of fused-ring (bicyclic) bond motifs is 1. The molecule has 0 unspecified atom stereocenters. The first kappa shape index (κ1) is 10.6. The van der Waals surface area contributed by atoms with Crippen molar-refractivity contribution in [1.82, 2.24) is 10.3 Å². The minimum Gasteiger partial charge on any atom is -0.336 e. The van der Waals surface area contributed by atoms with E-state index >= 15 is 0 Å². The van der Waals surface area contributed by atoms with E-state index < -0.39 is 10.0 Å². The largest absolute Gasteiger partial charge is 0.336 e. The van der Waals surface area contributed by atoms with Crippen LogP contribution in [0, 0.1) is 0 Å². The first-order valence-corrected chi connectivity index (χ1v) is 6.66. The van der Waals surface area contributed by atoms with E-state index in [1.54, 1.807) is 6.07 Å². The molecule has 2 aromatic heterocycles. The van der Waals surface area contributed by atoms with E-state index in [2.05, 4.69) is 10.3 Å². The summed E-state index contributed by atoms with van der Waals surface area (Å²) in [5, 5.41) is 9.00. The molecule has 0 atom stereocenters. The van der Waals surface area contributed by atoms with E-state index in [1.807, 2.05) is 13.1 Å². The van der Waals surface area contributed by atoms with Gasteiger partial charge in [-0.1, -0.05) is 0 Å². The molecule has 82 valence electrons. The van der Waals surface area contributed by atoms with E-state index in [4.69, 9.17) is 5.14 Å². The van der Waals surface area contributed by atoms with Gasteiger partial charge in [-0.05, 0) is 19.2 Å². The van der Waals surface area contributed by atoms with E-state index in [1.165, 1.54) is 11.3 Å². The average Bonchev–Trinajstić information content (AvgIpc) is 2.59. The summed E-state index contributed by atoms with van der Waals surface area (Å²) in [6, 6.07) is 3.50. The minimum absolute atomic E-state index is 0.0692. The van der Waals surface area contributed by atoms with Gasteiger partial charge in [-0.15, -0.1) is 11.3 Å². The van der Waals surface area contributed by atoms with Gasteiger partial charge in [0.25, 0.3) is 10.0 Å². The lowest BCUT2D eigenvalue weighted by atomic mass is 10.4. The molecule has 15 heavy (non-hydrogen) atoms. The molecule has 2 rings (SSSR count). The summed E-state index contributed by atoms with van der Waals surface area (Å²) in [4.78, 5) is 4.78. The van der Waals surface area contributed by atoms with E-state index in [-0.39, 0.29) is 5.03 Å². The highest BCUT2D eigenvalue weighted by atomic mass is 32.2. The van der Waals surface area contributed by atoms with Crippen molar-refractivity contribution < 1.29 is 8.42 Å². The fourth-order valence-electron chi connectivity index (χ4n) is 1.37. The number of nitrogens with one attached hydrogen (secondary N) is 2. The fraction of sp³-hybridized carbons (Fsp3) is 0.250. The lowest BCUT2D eigenvalue weighted by Crippen LogP contribution is -2.12. The number of H-pyrrole nitrogens is 1. The predicted molar refractivity (Wildman–Crippen MR) is 60.3 cm³/mol. The second-order valence-electron chi connectivity index (χ2n) is 3.21. The third kappa shape index (κ3) is 2.05. The zero-order valence-corrected chi connectivity index (χ0v) is 9.71. The van der Waals surface area contributed by atoms with Crippen molar-refractivity contribution in [3.8, 4) is 0 Å². The van der Waals surface area contributed by atoms with Crippen molar-refractivity contribution in [1.29, 1.82) is 0 Å². The van der Waals surface area contributed by atoms with Crippen molar-refractivity contribution in [2.45, 2.75) is 11.6 Å². The molecule has 0 spiro atoms. The highest BCUT2D eigenvalue weighted by molar-refractivity contribution is 7.89. The van der Waals surface area contributed by atoms with Crippen LogP contribution in [-0.4, -0.2) is 20.4 Å². The third-order valence-electron chi connectivity index (χ3n) is 1.99. The van der Waals surface area contributed by atoms with Crippen molar-refractivity contribution in [3.63, 3.8) is 0 Å². The van der Waals surface area contributed by atoms with Crippen LogP contribution in [0.5, 0.6) is 0 Å². The summed E-state index contributed by atoms with van der Waals surface area (Å²) in [7, 11) is -1.76. The SMILES string of the molecule is CNCc1cc2cc(S(N)(=O)=O)[nH]c2s1. The Morgan fingerprint density at radius 1 is 1.53 bits per heavy atom. The van der Waals surface area contributed by atoms with Gasteiger partial charge in [0.2, 0.25) is 0 Å². The second-order valence-corrected chi connectivity index (χ2v) is 5.87. The van der Waals surface area contributed by atoms with Crippen LogP contribution in [-0.2, 0) is 16.6 Å². The molecule has 0 aliphatic heterocycles. The van der Waals surface area contributed by atoms with Gasteiger partial charge < -0.3 is 10.3 Å². The Morgan fingerprint density at radius 2 is 2.27 bits per heavy atom. The number of nitrogens with two attached hydrogens (primary N) is 1. The Bertz CT molecular complexity index is 551. The van der Waals surface area contributed by atoms with Crippen molar-refractivity contribution >= 4 is 31.6 Å². The topological polar surface area (TPSA) is 88.0 Å². The summed E-state index contributed by atoms with van der Waals surface area (Å²) < 4.78 is 22.1. The van der Waals surface area contributed by atoms with Gasteiger partial charge in [0, 0.05) is 16.8 Å². The van der Waals surface area contributed by atoms with Crippen LogP contribution in [0.4, 0.5) is 0 Å². The Kier molecular flexibility index (Phi) is 2.55. The quantitative estimate of drug-likeness (QED) is 0.739. The number of hydrogen-bond donors (Lipinski definition) is 3. The van der Waals surface area contributed by atoms with Gasteiger partial charge in [-0.2, -0.15) is 0 Å². The highest BCUT2D eigenvalue weighted by Crippen LogP contribution is 2.27. The van der Waals surface area contributed by atoms with Crippen LogP contribution in [0.1, 0.15) is 4.88 Å². The van der Waals surface area contributed by atoms with Crippen LogP contribution in [0.15, 0.2) is 17.2 Å². The van der Waals surface area contributed by atoms with Crippen molar-refractivity contribution in [2.24, 2.45) is 5.14 Å². The molecular formula is C8H11N3O2S2. The van der Waals surface area contributed by atoms with Crippen molar-refractivity contribution in [2.75, 3.05) is 7.05 Å². The summed E-state index contributed by atoms with van der Waals surface area (Å²) in [5.41, 5.74) is 0. The van der Waals surface area contributed by atoms with E-state index in [9.17, 15) is 8.42 Å². The number of thiophene rings is 1. The molecule has 5 nitrogen and oxygen atoms in total. The van der Waals surface area contributed by atoms with Gasteiger partial charge >= 0.3 is 0 Å². The Balaban J connectivity index is 2.47. The Hall–Kier alpha value is -0.890. The highest BCUT2D eigenvalue weighted by Gasteiger charge is 2.13. The Morgan fingerprint density at radius 3 is 2.80 bits per heavy atom. The number of rotatable bonds is 3. The number of hydrogen-bond acceptors (Lipinski definition) is 4. The molecule has 0 aliphatic carbocycles. The first-order valence-electron chi connectivity index (χ1n) is 4.29. The lowest BCUT2D eigenvalue weighted by molar-refractivity contribution is 0.595. The van der Waals surface area contributed by atoms with Crippen LogP contribution in [0.2, 0.25) is 0 Å². The van der Waals surface area contributed by atoms with E-state index in [0.29, 0.717) is 0 Å². The average molecular weight is 245 g/mol. The smallest absolute Gasteiger partial charge is 0.253 e. The minimum atomic E-state index is -3.62. The second kappa shape index (κ2) is 3.60. The summed E-state index contributed by atoms with van der Waals surface area (Å²) in [6.45, 7) is 0.776. The van der Waals surface area contributed by atoms with E-state index in [0.717, 1.165) is 21.6 Å². The maximum atomic E-state index is 11.0. The van der Waals surface area contributed by atoms with Crippen LogP contribution < -0.4 is 10.5 Å². The number of sulfonamides is 1. The number of primary sulfonamides is 1. The summed E-state index contributed by atoms with van der Waals surface area (Å²) in [6.07, 6.45) is 0.